The molecule has 1 heterocycles. The van der Waals surface area contributed by atoms with Crippen LogP contribution in [0.3, 0.4) is 0 Å². The maximum atomic E-state index is 9.13. The Balaban J connectivity index is -0.000000176. The van der Waals surface area contributed by atoms with Crippen LogP contribution in [0.1, 0.15) is 54.9 Å². The summed E-state index contributed by atoms with van der Waals surface area (Å²) in [6, 6.07) is 0. The molecular formula is C13H33NO. The zero-order chi connectivity index (χ0) is 12.9. The Morgan fingerprint density at radius 1 is 1.07 bits per heavy atom. The first-order chi connectivity index (χ1) is 7.11. The van der Waals surface area contributed by atoms with Gasteiger partial charge in [-0.25, -0.2) is 0 Å². The van der Waals surface area contributed by atoms with Crippen LogP contribution >= 0.6 is 0 Å². The third kappa shape index (κ3) is 13.9. The van der Waals surface area contributed by atoms with Crippen molar-refractivity contribution in [2.24, 2.45) is 5.92 Å². The van der Waals surface area contributed by atoms with Gasteiger partial charge in [0, 0.05) is 13.1 Å². The molecule has 1 rings (SSSR count). The van der Waals surface area contributed by atoms with Gasteiger partial charge in [-0.15, -0.1) is 0 Å². The molecule has 0 aromatic rings. The summed E-state index contributed by atoms with van der Waals surface area (Å²) in [5.74, 6) is 0.472. The Morgan fingerprint density at radius 2 is 1.40 bits per heavy atom. The van der Waals surface area contributed by atoms with Gasteiger partial charge in [0.1, 0.15) is 0 Å². The first-order valence-corrected chi connectivity index (χ1v) is 6.48. The van der Waals surface area contributed by atoms with E-state index in [9.17, 15) is 0 Å². The zero-order valence-electron chi connectivity index (χ0n) is 12.2. The molecule has 1 saturated heterocycles. The lowest BCUT2D eigenvalue weighted by Gasteiger charge is -2.02. The first-order valence-electron chi connectivity index (χ1n) is 6.48. The fourth-order valence-electron chi connectivity index (χ4n) is 1.19. The third-order valence-electron chi connectivity index (χ3n) is 1.76. The van der Waals surface area contributed by atoms with E-state index in [0.29, 0.717) is 5.92 Å². The van der Waals surface area contributed by atoms with Crippen LogP contribution in [0.4, 0.5) is 0 Å². The fourth-order valence-corrected chi connectivity index (χ4v) is 1.19. The van der Waals surface area contributed by atoms with E-state index in [2.05, 4.69) is 25.7 Å². The Morgan fingerprint density at radius 3 is 1.47 bits per heavy atom. The van der Waals surface area contributed by atoms with Crippen LogP contribution in [0.5, 0.6) is 0 Å². The number of nitrogens with zero attached hydrogens (tertiary/aromatic N) is 1. The summed E-state index contributed by atoms with van der Waals surface area (Å²) in [4.78, 5) is 2.15. The lowest BCUT2D eigenvalue weighted by Crippen LogP contribution is -2.16. The van der Waals surface area contributed by atoms with Crippen LogP contribution in [-0.2, 0) is 0 Å². The third-order valence-corrected chi connectivity index (χ3v) is 1.76. The van der Waals surface area contributed by atoms with Gasteiger partial charge in [0.2, 0.25) is 0 Å². The van der Waals surface area contributed by atoms with Gasteiger partial charge in [-0.1, -0.05) is 54.9 Å². The second-order valence-electron chi connectivity index (χ2n) is 3.47. The molecule has 1 fully saturated rings. The molecule has 2 atom stereocenters. The summed E-state index contributed by atoms with van der Waals surface area (Å²) < 4.78 is 0. The van der Waals surface area contributed by atoms with E-state index in [1.807, 2.05) is 34.7 Å². The summed E-state index contributed by atoms with van der Waals surface area (Å²) in [5, 5.41) is 9.13. The number of likely N-dealkylation sites (N-methyl/N-ethyl adjacent to an activating group) is 1. The zero-order valence-corrected chi connectivity index (χ0v) is 12.2. The standard InChI is InChI=1S/C6H13NO.C3H8.2C2H6/c1-5-3-7(2)4-6(5)8;1-3-2;2*1-2/h5-6,8H,3-4H2,1-2H3;3H2,1-2H3;2*1-2H3. The van der Waals surface area contributed by atoms with Crippen LogP contribution in [0, 0.1) is 5.92 Å². The molecule has 0 saturated carbocycles. The molecule has 1 aliphatic heterocycles. The summed E-state index contributed by atoms with van der Waals surface area (Å²) in [6.07, 6.45) is 1.17. The van der Waals surface area contributed by atoms with Crippen molar-refractivity contribution in [3.63, 3.8) is 0 Å². The smallest absolute Gasteiger partial charge is 0.0704 e. The Hall–Kier alpha value is -0.0800. The van der Waals surface area contributed by atoms with Crippen LogP contribution in [0.15, 0.2) is 0 Å². The fraction of sp³-hybridized carbons (Fsp3) is 1.00. The molecule has 0 radical (unpaired) electrons. The van der Waals surface area contributed by atoms with Crippen molar-refractivity contribution in [3.05, 3.63) is 0 Å². The van der Waals surface area contributed by atoms with Gasteiger partial charge in [-0.05, 0) is 13.0 Å². The molecule has 0 bridgehead atoms. The van der Waals surface area contributed by atoms with Gasteiger partial charge in [0.15, 0.2) is 0 Å². The van der Waals surface area contributed by atoms with Crippen molar-refractivity contribution < 1.29 is 5.11 Å². The molecular weight excluding hydrogens is 186 g/mol. The highest BCUT2D eigenvalue weighted by Gasteiger charge is 2.24. The van der Waals surface area contributed by atoms with E-state index >= 15 is 0 Å². The first kappa shape index (κ1) is 20.3. The van der Waals surface area contributed by atoms with Crippen LogP contribution in [-0.4, -0.2) is 36.2 Å². The van der Waals surface area contributed by atoms with Gasteiger partial charge >= 0.3 is 0 Å². The van der Waals surface area contributed by atoms with Crippen molar-refractivity contribution in [1.29, 1.82) is 0 Å². The van der Waals surface area contributed by atoms with Gasteiger partial charge in [0.05, 0.1) is 6.10 Å². The summed E-state index contributed by atoms with van der Waals surface area (Å²) in [6.45, 7) is 16.2. The van der Waals surface area contributed by atoms with Crippen LogP contribution in [0.2, 0.25) is 0 Å². The predicted octanol–water partition coefficient (Wildman–Crippen LogP) is 3.40. The van der Waals surface area contributed by atoms with E-state index in [0.717, 1.165) is 13.1 Å². The van der Waals surface area contributed by atoms with E-state index in [-0.39, 0.29) is 6.10 Å². The molecule has 96 valence electrons. The minimum absolute atomic E-state index is 0.0833. The largest absolute Gasteiger partial charge is 0.391 e. The van der Waals surface area contributed by atoms with Gasteiger partial charge in [-0.3, -0.25) is 0 Å². The lowest BCUT2D eigenvalue weighted by molar-refractivity contribution is 0.151. The molecule has 2 unspecified atom stereocenters. The highest BCUT2D eigenvalue weighted by atomic mass is 16.3. The lowest BCUT2D eigenvalue weighted by atomic mass is 10.1. The molecule has 1 N–H and O–H groups in total. The quantitative estimate of drug-likeness (QED) is 0.675. The average Bonchev–Trinajstić information content (AvgIpc) is 2.52. The SMILES string of the molecule is CC.CC.CC1CN(C)CC1O.CCC. The number of hydrogen-bond acceptors (Lipinski definition) is 2. The Kier molecular flexibility index (Phi) is 22.2. The predicted molar refractivity (Wildman–Crippen MR) is 71.3 cm³/mol. The summed E-state index contributed by atoms with van der Waals surface area (Å²) in [7, 11) is 2.03. The number of aliphatic hydroxyl groups excluding tert-OH is 1. The number of hydrogen-bond donors (Lipinski definition) is 1. The minimum Gasteiger partial charge on any atom is -0.391 e. The van der Waals surface area contributed by atoms with Crippen molar-refractivity contribution >= 4 is 0 Å². The maximum Gasteiger partial charge on any atom is 0.0704 e. The number of β-amino-alcohol motifs (C(OH)–C–C–N with tert-alkyl or cyclic N) is 1. The van der Waals surface area contributed by atoms with Gasteiger partial charge in [0.25, 0.3) is 0 Å². The highest BCUT2D eigenvalue weighted by Crippen LogP contribution is 2.12. The molecule has 0 spiro atoms. The molecule has 1 aliphatic rings. The topological polar surface area (TPSA) is 23.5 Å². The number of aliphatic hydroxyl groups is 1. The second-order valence-corrected chi connectivity index (χ2v) is 3.47. The molecule has 0 aliphatic carbocycles. The van der Waals surface area contributed by atoms with E-state index in [4.69, 9.17) is 5.11 Å². The van der Waals surface area contributed by atoms with Crippen molar-refractivity contribution in [2.45, 2.75) is 61.0 Å². The second kappa shape index (κ2) is 16.4. The molecule has 2 nitrogen and oxygen atoms in total. The molecule has 0 amide bonds. The van der Waals surface area contributed by atoms with E-state index in [1.54, 1.807) is 0 Å². The molecule has 0 aromatic heterocycles. The number of rotatable bonds is 0. The molecule has 0 aromatic carbocycles. The maximum absolute atomic E-state index is 9.13. The van der Waals surface area contributed by atoms with Crippen LogP contribution in [0.25, 0.3) is 0 Å². The monoisotopic (exact) mass is 219 g/mol. The molecule has 15 heavy (non-hydrogen) atoms. The van der Waals surface area contributed by atoms with Crippen molar-refractivity contribution in [2.75, 3.05) is 20.1 Å². The van der Waals surface area contributed by atoms with Crippen LogP contribution < -0.4 is 0 Å². The summed E-state index contributed by atoms with van der Waals surface area (Å²) in [5.41, 5.74) is 0. The molecule has 2 heteroatoms. The van der Waals surface area contributed by atoms with Crippen molar-refractivity contribution in [3.8, 4) is 0 Å². The van der Waals surface area contributed by atoms with Crippen molar-refractivity contribution in [1.82, 2.24) is 4.90 Å². The van der Waals surface area contributed by atoms with Gasteiger partial charge < -0.3 is 10.0 Å². The minimum atomic E-state index is -0.0833. The number of likely N-dealkylation sites (tertiary alicyclic amines) is 1. The Bertz CT molecular complexity index is 86.5. The normalized spacial score (nSPS) is 23.8. The Labute approximate surface area is 97.7 Å². The van der Waals surface area contributed by atoms with Gasteiger partial charge in [-0.2, -0.15) is 0 Å². The highest BCUT2D eigenvalue weighted by molar-refractivity contribution is 4.77. The average molecular weight is 219 g/mol. The summed E-state index contributed by atoms with van der Waals surface area (Å²) >= 11 is 0. The van der Waals surface area contributed by atoms with E-state index < -0.39 is 0 Å². The van der Waals surface area contributed by atoms with E-state index in [1.165, 1.54) is 6.42 Å².